The second kappa shape index (κ2) is 8.45. The number of benzene rings is 2. The third-order valence-corrected chi connectivity index (χ3v) is 5.94. The van der Waals surface area contributed by atoms with E-state index in [4.69, 9.17) is 4.74 Å². The van der Waals surface area contributed by atoms with Crippen LogP contribution in [-0.4, -0.2) is 41.8 Å². The maximum Gasteiger partial charge on any atom is 0.282 e. The normalized spacial score (nSPS) is 21.3. The van der Waals surface area contributed by atoms with Gasteiger partial charge in [-0.3, -0.25) is 19.7 Å². The molecule has 0 N–H and O–H groups in total. The summed E-state index contributed by atoms with van der Waals surface area (Å²) in [6, 6.07) is 12.6. The second-order valence-corrected chi connectivity index (χ2v) is 8.50. The van der Waals surface area contributed by atoms with E-state index in [1.54, 1.807) is 24.3 Å². The van der Waals surface area contributed by atoms with Crippen LogP contribution in [0.1, 0.15) is 25.8 Å². The molecular formula is C24H25N3O5. The lowest BCUT2D eigenvalue weighted by molar-refractivity contribution is -0.384. The zero-order valence-corrected chi connectivity index (χ0v) is 18.3. The number of para-hydroxylation sites is 2. The summed E-state index contributed by atoms with van der Waals surface area (Å²) in [4.78, 5) is 41.1. The van der Waals surface area contributed by atoms with Crippen LogP contribution in [0, 0.1) is 22.0 Å². The van der Waals surface area contributed by atoms with Crippen LogP contribution in [0.4, 0.5) is 11.4 Å². The van der Waals surface area contributed by atoms with Crippen molar-refractivity contribution in [2.75, 3.05) is 25.1 Å². The van der Waals surface area contributed by atoms with Crippen LogP contribution >= 0.6 is 0 Å². The molecule has 0 aliphatic carbocycles. The zero-order valence-electron chi connectivity index (χ0n) is 18.3. The van der Waals surface area contributed by atoms with Crippen molar-refractivity contribution in [1.82, 2.24) is 4.90 Å². The molecule has 2 heterocycles. The Bertz CT molecular complexity index is 1100. The molecule has 2 atom stereocenters. The highest BCUT2D eigenvalue weighted by Gasteiger charge is 2.44. The Hall–Kier alpha value is -3.68. The molecule has 2 unspecified atom stereocenters. The van der Waals surface area contributed by atoms with Crippen molar-refractivity contribution in [3.63, 3.8) is 0 Å². The number of methoxy groups -OCH3 is 1. The van der Waals surface area contributed by atoms with Gasteiger partial charge in [0.2, 0.25) is 0 Å². The first-order chi connectivity index (χ1) is 15.3. The Morgan fingerprint density at radius 1 is 0.969 bits per heavy atom. The molecule has 2 aliphatic heterocycles. The number of rotatable bonds is 5. The van der Waals surface area contributed by atoms with E-state index >= 15 is 0 Å². The molecule has 0 radical (unpaired) electrons. The molecule has 2 aromatic rings. The lowest BCUT2D eigenvalue weighted by atomic mass is 9.91. The van der Waals surface area contributed by atoms with E-state index in [2.05, 4.69) is 13.8 Å². The van der Waals surface area contributed by atoms with Gasteiger partial charge >= 0.3 is 0 Å². The molecule has 4 rings (SSSR count). The molecule has 1 saturated heterocycles. The molecule has 32 heavy (non-hydrogen) atoms. The number of nitro benzene ring substituents is 1. The Balaban J connectivity index is 1.85. The molecule has 166 valence electrons. The van der Waals surface area contributed by atoms with Crippen molar-refractivity contribution in [3.05, 3.63) is 69.9 Å². The largest absolute Gasteiger partial charge is 0.495 e. The summed E-state index contributed by atoms with van der Waals surface area (Å²) < 4.78 is 5.40. The predicted octanol–water partition coefficient (Wildman–Crippen LogP) is 3.87. The smallest absolute Gasteiger partial charge is 0.282 e. The van der Waals surface area contributed by atoms with E-state index in [0.29, 0.717) is 47.6 Å². The number of carbonyl (C=O) groups excluding carboxylic acids is 2. The molecule has 8 nitrogen and oxygen atoms in total. The van der Waals surface area contributed by atoms with Gasteiger partial charge in [-0.1, -0.05) is 26.0 Å². The SMILES string of the molecule is COc1ccccc1N1C(=O)C(c2ccc([N+](=O)[O-])cc2)=C(N2CC(C)CC(C)C2)C1=O. The number of non-ortho nitro benzene ring substituents is 1. The fourth-order valence-corrected chi connectivity index (χ4v) is 4.70. The van der Waals surface area contributed by atoms with E-state index in [-0.39, 0.29) is 11.3 Å². The molecule has 8 heteroatoms. The number of amides is 2. The Kier molecular flexibility index (Phi) is 5.69. The van der Waals surface area contributed by atoms with Gasteiger partial charge in [0, 0.05) is 25.2 Å². The summed E-state index contributed by atoms with van der Waals surface area (Å²) >= 11 is 0. The molecular weight excluding hydrogens is 410 g/mol. The van der Waals surface area contributed by atoms with Crippen molar-refractivity contribution >= 4 is 28.8 Å². The van der Waals surface area contributed by atoms with E-state index in [9.17, 15) is 19.7 Å². The molecule has 1 fully saturated rings. The lowest BCUT2D eigenvalue weighted by Crippen LogP contribution is -2.42. The van der Waals surface area contributed by atoms with Gasteiger partial charge < -0.3 is 9.64 Å². The van der Waals surface area contributed by atoms with Crippen LogP contribution in [0.3, 0.4) is 0 Å². The number of hydrogen-bond donors (Lipinski definition) is 0. The van der Waals surface area contributed by atoms with Crippen LogP contribution < -0.4 is 9.64 Å². The standard InChI is InChI=1S/C24H25N3O5/c1-15-12-16(2)14-25(13-15)22-21(17-8-10-18(11-9-17)27(30)31)23(28)26(24(22)29)19-6-4-5-7-20(19)32-3/h4-11,15-16H,12-14H2,1-3H3. The first-order valence-electron chi connectivity index (χ1n) is 10.6. The van der Waals surface area contributed by atoms with Gasteiger partial charge in [-0.05, 0) is 48.1 Å². The number of nitrogens with zero attached hydrogens (tertiary/aromatic N) is 3. The van der Waals surface area contributed by atoms with Gasteiger partial charge in [0.25, 0.3) is 17.5 Å². The Morgan fingerprint density at radius 3 is 2.19 bits per heavy atom. The van der Waals surface area contributed by atoms with Gasteiger partial charge in [-0.25, -0.2) is 4.90 Å². The van der Waals surface area contributed by atoms with Crippen molar-refractivity contribution in [2.45, 2.75) is 20.3 Å². The third kappa shape index (κ3) is 3.72. The highest BCUT2D eigenvalue weighted by molar-refractivity contribution is 6.45. The number of carbonyl (C=O) groups is 2. The minimum atomic E-state index is -0.490. The van der Waals surface area contributed by atoms with E-state index in [1.165, 1.54) is 31.4 Å². The summed E-state index contributed by atoms with van der Waals surface area (Å²) in [5.74, 6) is 0.280. The number of nitro groups is 1. The maximum atomic E-state index is 13.7. The molecule has 0 saturated carbocycles. The average Bonchev–Trinajstić information content (AvgIpc) is 3.03. The van der Waals surface area contributed by atoms with Gasteiger partial charge in [0.05, 0.1) is 23.3 Å². The maximum absolute atomic E-state index is 13.7. The number of anilines is 1. The van der Waals surface area contributed by atoms with Crippen molar-refractivity contribution < 1.29 is 19.2 Å². The van der Waals surface area contributed by atoms with E-state index in [0.717, 1.165) is 11.3 Å². The predicted molar refractivity (Wildman–Crippen MR) is 120 cm³/mol. The van der Waals surface area contributed by atoms with Crippen molar-refractivity contribution in [2.24, 2.45) is 11.8 Å². The number of likely N-dealkylation sites (tertiary alicyclic amines) is 1. The second-order valence-electron chi connectivity index (χ2n) is 8.50. The average molecular weight is 435 g/mol. The minimum absolute atomic E-state index is 0.0746. The van der Waals surface area contributed by atoms with Crippen LogP contribution in [-0.2, 0) is 9.59 Å². The lowest BCUT2D eigenvalue weighted by Gasteiger charge is -2.37. The van der Waals surface area contributed by atoms with Crippen LogP contribution in [0.5, 0.6) is 5.75 Å². The van der Waals surface area contributed by atoms with Crippen molar-refractivity contribution in [1.29, 1.82) is 0 Å². The van der Waals surface area contributed by atoms with Gasteiger partial charge in [0.15, 0.2) is 0 Å². The van der Waals surface area contributed by atoms with Gasteiger partial charge in [0.1, 0.15) is 11.4 Å². The number of piperidine rings is 1. The quantitative estimate of drug-likeness (QED) is 0.402. The molecule has 2 amide bonds. The summed E-state index contributed by atoms with van der Waals surface area (Å²) in [5, 5.41) is 11.1. The summed E-state index contributed by atoms with van der Waals surface area (Å²) in [6.45, 7) is 5.59. The summed E-state index contributed by atoms with van der Waals surface area (Å²) in [5.41, 5.74) is 1.38. The molecule has 0 bridgehead atoms. The highest BCUT2D eigenvalue weighted by atomic mass is 16.6. The molecule has 2 aromatic carbocycles. The van der Waals surface area contributed by atoms with Crippen LogP contribution in [0.2, 0.25) is 0 Å². The summed E-state index contributed by atoms with van der Waals surface area (Å²) in [6.07, 6.45) is 1.05. The molecule has 0 spiro atoms. The topological polar surface area (TPSA) is 93.0 Å². The van der Waals surface area contributed by atoms with Gasteiger partial charge in [-0.15, -0.1) is 0 Å². The molecule has 0 aromatic heterocycles. The molecule has 2 aliphatic rings. The van der Waals surface area contributed by atoms with Gasteiger partial charge in [-0.2, -0.15) is 0 Å². The monoisotopic (exact) mass is 435 g/mol. The third-order valence-electron chi connectivity index (χ3n) is 5.94. The zero-order chi connectivity index (χ0) is 23.0. The first-order valence-corrected chi connectivity index (χ1v) is 10.6. The highest BCUT2D eigenvalue weighted by Crippen LogP contribution is 2.40. The van der Waals surface area contributed by atoms with E-state index in [1.807, 2.05) is 4.90 Å². The van der Waals surface area contributed by atoms with Crippen LogP contribution in [0.15, 0.2) is 54.2 Å². The Labute approximate surface area is 186 Å². The number of imide groups is 1. The van der Waals surface area contributed by atoms with Crippen molar-refractivity contribution in [3.8, 4) is 5.75 Å². The fraction of sp³-hybridized carbons (Fsp3) is 0.333. The van der Waals surface area contributed by atoms with Crippen LogP contribution in [0.25, 0.3) is 5.57 Å². The first kappa shape index (κ1) is 21.5. The number of ether oxygens (including phenoxy) is 1. The van der Waals surface area contributed by atoms with E-state index < -0.39 is 16.7 Å². The fourth-order valence-electron chi connectivity index (χ4n) is 4.70. The Morgan fingerprint density at radius 2 is 1.59 bits per heavy atom. The minimum Gasteiger partial charge on any atom is -0.495 e. The number of hydrogen-bond acceptors (Lipinski definition) is 6. The summed E-state index contributed by atoms with van der Waals surface area (Å²) in [7, 11) is 1.49.